The molecule has 57 heavy (non-hydrogen) atoms. The van der Waals surface area contributed by atoms with Gasteiger partial charge < -0.3 is 24.2 Å². The van der Waals surface area contributed by atoms with Crippen molar-refractivity contribution in [3.8, 4) is 5.75 Å². The molecule has 0 amide bonds. The van der Waals surface area contributed by atoms with Crippen molar-refractivity contribution < 1.29 is 28.9 Å². The summed E-state index contributed by atoms with van der Waals surface area (Å²) in [4.78, 5) is 25.7. The van der Waals surface area contributed by atoms with E-state index in [1.165, 1.54) is 47.6 Å². The van der Waals surface area contributed by atoms with Gasteiger partial charge in [-0.1, -0.05) is 119 Å². The lowest BCUT2D eigenvalue weighted by Gasteiger charge is -2.25. The second-order valence-electron chi connectivity index (χ2n) is 14.4. The van der Waals surface area contributed by atoms with Crippen molar-refractivity contribution in [1.82, 2.24) is 4.90 Å². The fraction of sp³-hybridized carbons (Fsp3) is 0.333. The SMILES string of the molecule is COC(=O)C(CCc1cccc(C)c1)Oc1ccc(CCCN(C)CC(c2ccc(Cl)cc2)c2ccc(Cl)cc2)cc1.COC(=O)C(O)CCc1cccc(C)c1. The molecule has 0 saturated heterocycles. The molecule has 0 bridgehead atoms. The number of carbonyl (C=O) groups excluding carboxylic acids is 2. The molecule has 0 fully saturated rings. The van der Waals surface area contributed by atoms with Crippen LogP contribution in [0.5, 0.6) is 5.75 Å². The number of rotatable bonds is 18. The number of nitrogens with zero attached hydrogens (tertiary/aromatic N) is 1. The molecule has 302 valence electrons. The van der Waals surface area contributed by atoms with Crippen molar-refractivity contribution in [2.75, 3.05) is 34.4 Å². The molecule has 0 aliphatic rings. The first kappa shape index (κ1) is 45.0. The van der Waals surface area contributed by atoms with Crippen molar-refractivity contribution in [2.45, 2.75) is 70.5 Å². The normalized spacial score (nSPS) is 12.0. The van der Waals surface area contributed by atoms with Gasteiger partial charge >= 0.3 is 11.9 Å². The van der Waals surface area contributed by atoms with E-state index in [4.69, 9.17) is 32.7 Å². The lowest BCUT2D eigenvalue weighted by molar-refractivity contribution is -0.150. The predicted octanol–water partition coefficient (Wildman–Crippen LogP) is 10.0. The highest BCUT2D eigenvalue weighted by molar-refractivity contribution is 6.30. The van der Waals surface area contributed by atoms with Crippen LogP contribution in [0.1, 0.15) is 64.1 Å². The number of methoxy groups -OCH3 is 2. The second kappa shape index (κ2) is 23.5. The number of aliphatic hydroxyl groups excluding tert-OH is 1. The molecule has 1 N–H and O–H groups in total. The summed E-state index contributed by atoms with van der Waals surface area (Å²) in [5.41, 5.74) is 8.38. The number of esters is 2. The minimum Gasteiger partial charge on any atom is -0.479 e. The first-order valence-corrected chi connectivity index (χ1v) is 20.1. The lowest BCUT2D eigenvalue weighted by atomic mass is 9.91. The van der Waals surface area contributed by atoms with E-state index in [1.807, 2.05) is 73.7 Å². The summed E-state index contributed by atoms with van der Waals surface area (Å²) < 4.78 is 15.5. The quantitative estimate of drug-likeness (QED) is 0.0883. The van der Waals surface area contributed by atoms with Crippen LogP contribution in [0.15, 0.2) is 121 Å². The molecule has 2 atom stereocenters. The van der Waals surface area contributed by atoms with E-state index in [2.05, 4.69) is 78.2 Å². The van der Waals surface area contributed by atoms with Gasteiger partial charge in [-0.2, -0.15) is 0 Å². The molecule has 2 unspecified atom stereocenters. The Morgan fingerprint density at radius 1 is 0.649 bits per heavy atom. The molecular weight excluding hydrogens is 757 g/mol. The van der Waals surface area contributed by atoms with Gasteiger partial charge in [-0.25, -0.2) is 9.59 Å². The van der Waals surface area contributed by atoms with Crippen molar-refractivity contribution >= 4 is 35.1 Å². The fourth-order valence-electron chi connectivity index (χ4n) is 6.60. The molecular formula is C48H55Cl2NO6. The number of halogens is 2. The predicted molar refractivity (Wildman–Crippen MR) is 230 cm³/mol. The van der Waals surface area contributed by atoms with Gasteiger partial charge in [0.2, 0.25) is 0 Å². The molecule has 5 aromatic rings. The van der Waals surface area contributed by atoms with Gasteiger partial charge in [-0.05, 0) is 130 Å². The summed E-state index contributed by atoms with van der Waals surface area (Å²) in [6.45, 7) is 5.92. The highest BCUT2D eigenvalue weighted by Crippen LogP contribution is 2.28. The third kappa shape index (κ3) is 15.7. The van der Waals surface area contributed by atoms with E-state index in [9.17, 15) is 14.7 Å². The van der Waals surface area contributed by atoms with E-state index in [-0.39, 0.29) is 11.9 Å². The van der Waals surface area contributed by atoms with Crippen LogP contribution in [0.4, 0.5) is 0 Å². The average molecular weight is 813 g/mol. The van der Waals surface area contributed by atoms with Gasteiger partial charge in [-0.3, -0.25) is 0 Å². The molecule has 0 saturated carbocycles. The Morgan fingerprint density at radius 3 is 1.65 bits per heavy atom. The molecule has 5 rings (SSSR count). The van der Waals surface area contributed by atoms with Crippen molar-refractivity contribution in [1.29, 1.82) is 0 Å². The topological polar surface area (TPSA) is 85.3 Å². The Hall–Kier alpha value is -4.66. The van der Waals surface area contributed by atoms with Crippen LogP contribution in [0.2, 0.25) is 10.0 Å². The maximum absolute atomic E-state index is 12.4. The zero-order valence-electron chi connectivity index (χ0n) is 33.6. The highest BCUT2D eigenvalue weighted by Gasteiger charge is 2.22. The number of hydrogen-bond acceptors (Lipinski definition) is 7. The van der Waals surface area contributed by atoms with Crippen LogP contribution in [-0.4, -0.2) is 68.5 Å². The van der Waals surface area contributed by atoms with Crippen LogP contribution in [0.3, 0.4) is 0 Å². The third-order valence-electron chi connectivity index (χ3n) is 9.75. The van der Waals surface area contributed by atoms with E-state index in [0.717, 1.165) is 48.0 Å². The van der Waals surface area contributed by atoms with Crippen LogP contribution in [0.25, 0.3) is 0 Å². The van der Waals surface area contributed by atoms with Gasteiger partial charge in [0.25, 0.3) is 0 Å². The summed E-state index contributed by atoms with van der Waals surface area (Å²) in [6.07, 6.45) is 2.67. The Labute approximate surface area is 348 Å². The van der Waals surface area contributed by atoms with Crippen LogP contribution < -0.4 is 4.74 Å². The Balaban J connectivity index is 0.000000403. The first-order chi connectivity index (χ1) is 27.4. The number of carbonyl (C=O) groups is 2. The smallest absolute Gasteiger partial charge is 0.347 e. The lowest BCUT2D eigenvalue weighted by Crippen LogP contribution is -2.29. The minimum absolute atomic E-state index is 0.217. The van der Waals surface area contributed by atoms with Gasteiger partial charge in [0.15, 0.2) is 12.2 Å². The standard InChI is InChI=1S/C36H39Cl2NO3.C12H16O3/c1-26-6-4-7-28(24-26)11-22-35(36(40)41-3)42-33-20-9-27(10-21-33)8-5-23-39(2)25-34(29-12-16-31(37)17-13-29)30-14-18-32(38)19-15-30;1-9-4-3-5-10(8-9)6-7-11(13)12(14)15-2/h4,6-7,9-10,12-21,24,34-35H,5,8,11,22-23,25H2,1-3H3;3-5,8,11,13H,6-7H2,1-2H3. The molecule has 0 radical (unpaired) electrons. The Morgan fingerprint density at radius 2 is 1.16 bits per heavy atom. The van der Waals surface area contributed by atoms with Crippen LogP contribution >= 0.6 is 23.2 Å². The summed E-state index contributed by atoms with van der Waals surface area (Å²) in [5, 5.41) is 10.8. The zero-order valence-corrected chi connectivity index (χ0v) is 35.1. The minimum atomic E-state index is -1.02. The fourth-order valence-corrected chi connectivity index (χ4v) is 6.85. The zero-order chi connectivity index (χ0) is 41.2. The number of aliphatic hydroxyl groups is 1. The van der Waals surface area contributed by atoms with Crippen LogP contribution in [0, 0.1) is 13.8 Å². The third-order valence-corrected chi connectivity index (χ3v) is 10.3. The largest absolute Gasteiger partial charge is 0.479 e. The van der Waals surface area contributed by atoms with Gasteiger partial charge in [0.05, 0.1) is 14.2 Å². The molecule has 0 aromatic heterocycles. The van der Waals surface area contributed by atoms with Gasteiger partial charge in [0.1, 0.15) is 5.75 Å². The number of likely N-dealkylation sites (N-methyl/N-ethyl adjacent to an activating group) is 1. The molecule has 9 heteroatoms. The van der Waals surface area contributed by atoms with E-state index in [0.29, 0.717) is 25.0 Å². The van der Waals surface area contributed by atoms with E-state index < -0.39 is 18.2 Å². The van der Waals surface area contributed by atoms with E-state index >= 15 is 0 Å². The summed E-state index contributed by atoms with van der Waals surface area (Å²) in [7, 11) is 4.84. The van der Waals surface area contributed by atoms with Crippen molar-refractivity contribution in [3.05, 3.63) is 170 Å². The molecule has 0 heterocycles. The number of benzene rings is 5. The number of aryl methyl sites for hydroxylation is 5. The Kier molecular flexibility index (Phi) is 18.6. The average Bonchev–Trinajstić information content (AvgIpc) is 3.21. The molecule has 0 aliphatic carbocycles. The van der Waals surface area contributed by atoms with Crippen molar-refractivity contribution in [3.63, 3.8) is 0 Å². The molecule has 0 aliphatic heterocycles. The van der Waals surface area contributed by atoms with Crippen LogP contribution in [-0.2, 0) is 38.3 Å². The number of hydrogen-bond donors (Lipinski definition) is 1. The van der Waals surface area contributed by atoms with Gasteiger partial charge in [0, 0.05) is 22.5 Å². The maximum Gasteiger partial charge on any atom is 0.347 e. The monoisotopic (exact) mass is 811 g/mol. The second-order valence-corrected chi connectivity index (χ2v) is 15.3. The Bertz CT molecular complexity index is 1920. The molecule has 7 nitrogen and oxygen atoms in total. The first-order valence-electron chi connectivity index (χ1n) is 19.3. The van der Waals surface area contributed by atoms with Gasteiger partial charge in [-0.15, -0.1) is 0 Å². The summed E-state index contributed by atoms with van der Waals surface area (Å²) >= 11 is 12.3. The summed E-state index contributed by atoms with van der Waals surface area (Å²) in [5.74, 6) is -0.0353. The van der Waals surface area contributed by atoms with E-state index in [1.54, 1.807) is 0 Å². The summed E-state index contributed by atoms with van der Waals surface area (Å²) in [6, 6.07) is 40.6. The molecule has 5 aromatic carbocycles. The number of ether oxygens (including phenoxy) is 3. The van der Waals surface area contributed by atoms with Crippen molar-refractivity contribution in [2.24, 2.45) is 0 Å². The maximum atomic E-state index is 12.4. The molecule has 0 spiro atoms. The highest BCUT2D eigenvalue weighted by atomic mass is 35.5.